The van der Waals surface area contributed by atoms with Crippen molar-refractivity contribution < 1.29 is 18.0 Å². The van der Waals surface area contributed by atoms with E-state index in [1.54, 1.807) is 0 Å². The van der Waals surface area contributed by atoms with Crippen molar-refractivity contribution in [1.29, 1.82) is 0 Å². The maximum Gasteiger partial charge on any atom is 0.471 e. The van der Waals surface area contributed by atoms with Crippen LogP contribution in [0.1, 0.15) is 19.3 Å². The number of rotatable bonds is 1. The molecule has 0 saturated heterocycles. The van der Waals surface area contributed by atoms with E-state index >= 15 is 0 Å². The van der Waals surface area contributed by atoms with Crippen molar-refractivity contribution in [3.05, 3.63) is 0 Å². The molecule has 2 nitrogen and oxygen atoms in total. The van der Waals surface area contributed by atoms with Crippen molar-refractivity contribution in [2.45, 2.75) is 41.1 Å². The van der Waals surface area contributed by atoms with Gasteiger partial charge in [0, 0.05) is 15.7 Å². The van der Waals surface area contributed by atoms with Crippen molar-refractivity contribution in [3.63, 3.8) is 0 Å². The second kappa shape index (κ2) is 5.03. The first-order valence-electron chi connectivity index (χ1n) is 4.46. The van der Waals surface area contributed by atoms with Gasteiger partial charge in [-0.2, -0.15) is 13.2 Å². The summed E-state index contributed by atoms with van der Waals surface area (Å²) in [5.41, 5.74) is 0. The largest absolute Gasteiger partial charge is 0.471 e. The van der Waals surface area contributed by atoms with Gasteiger partial charge in [-0.25, -0.2) is 0 Å². The Morgan fingerprint density at radius 1 is 1.20 bits per heavy atom. The number of carbonyl (C=O) groups is 1. The lowest BCUT2D eigenvalue weighted by atomic mass is 9.95. The van der Waals surface area contributed by atoms with Crippen molar-refractivity contribution in [2.24, 2.45) is 0 Å². The molecule has 88 valence electrons. The van der Waals surface area contributed by atoms with Gasteiger partial charge in [0.15, 0.2) is 0 Å². The normalized spacial score (nSPS) is 32.5. The summed E-state index contributed by atoms with van der Waals surface area (Å²) in [6.07, 6.45) is -2.96. The van der Waals surface area contributed by atoms with Crippen LogP contribution in [0.3, 0.4) is 0 Å². The molecule has 0 aliphatic heterocycles. The zero-order valence-corrected chi connectivity index (χ0v) is 10.8. The molecule has 3 atom stereocenters. The molecule has 1 aliphatic rings. The highest BCUT2D eigenvalue weighted by molar-refractivity contribution is 9.12. The second-order valence-electron chi connectivity index (χ2n) is 3.51. The van der Waals surface area contributed by atoms with Gasteiger partial charge in [0.05, 0.1) is 0 Å². The lowest BCUT2D eigenvalue weighted by Crippen LogP contribution is -2.46. The highest BCUT2D eigenvalue weighted by atomic mass is 79.9. The predicted molar refractivity (Wildman–Crippen MR) is 57.3 cm³/mol. The molecule has 1 saturated carbocycles. The van der Waals surface area contributed by atoms with E-state index in [2.05, 4.69) is 31.9 Å². The summed E-state index contributed by atoms with van der Waals surface area (Å²) < 4.78 is 35.8. The molecule has 0 radical (unpaired) electrons. The Morgan fingerprint density at radius 3 is 2.27 bits per heavy atom. The third-order valence-electron chi connectivity index (χ3n) is 2.29. The number of alkyl halides is 5. The van der Waals surface area contributed by atoms with E-state index in [0.717, 1.165) is 6.42 Å². The summed E-state index contributed by atoms with van der Waals surface area (Å²) in [5, 5.41) is 2.00. The van der Waals surface area contributed by atoms with Crippen LogP contribution in [0, 0.1) is 0 Å². The van der Waals surface area contributed by atoms with Crippen LogP contribution in [-0.4, -0.2) is 27.8 Å². The van der Waals surface area contributed by atoms with Crippen LogP contribution >= 0.6 is 31.9 Å². The maximum atomic E-state index is 11.9. The van der Waals surface area contributed by atoms with Gasteiger partial charge < -0.3 is 5.32 Å². The lowest BCUT2D eigenvalue weighted by Gasteiger charge is -2.30. The maximum absolute atomic E-state index is 11.9. The first-order chi connectivity index (χ1) is 6.80. The van der Waals surface area contributed by atoms with Crippen LogP contribution in [0.25, 0.3) is 0 Å². The van der Waals surface area contributed by atoms with Gasteiger partial charge in [0.1, 0.15) is 0 Å². The molecule has 0 heterocycles. The summed E-state index contributed by atoms with van der Waals surface area (Å²) in [5.74, 6) is -1.85. The minimum absolute atomic E-state index is 0.102. The smallest absolute Gasteiger partial charge is 0.346 e. The highest BCUT2D eigenvalue weighted by Gasteiger charge is 2.40. The molecule has 1 aliphatic carbocycles. The first-order valence-corrected chi connectivity index (χ1v) is 6.29. The Kier molecular flexibility index (Phi) is 4.46. The topological polar surface area (TPSA) is 29.1 Å². The van der Waals surface area contributed by atoms with Crippen LogP contribution in [0.5, 0.6) is 0 Å². The average Bonchev–Trinajstić information content (AvgIpc) is 2.10. The van der Waals surface area contributed by atoms with Gasteiger partial charge >= 0.3 is 12.1 Å². The van der Waals surface area contributed by atoms with Gasteiger partial charge in [0.25, 0.3) is 0 Å². The fourth-order valence-corrected chi connectivity index (χ4v) is 2.67. The summed E-state index contributed by atoms with van der Waals surface area (Å²) in [4.78, 5) is 11.0. The Morgan fingerprint density at radius 2 is 1.80 bits per heavy atom. The molecule has 1 amide bonds. The number of hydrogen-bond acceptors (Lipinski definition) is 1. The molecule has 1 fully saturated rings. The summed E-state index contributed by atoms with van der Waals surface area (Å²) in [6, 6.07) is -0.391. The summed E-state index contributed by atoms with van der Waals surface area (Å²) in [6.45, 7) is 0. The average molecular weight is 353 g/mol. The number of nitrogens with one attached hydrogen (secondary N) is 1. The Balaban J connectivity index is 2.44. The molecule has 0 aromatic heterocycles. The van der Waals surface area contributed by atoms with Gasteiger partial charge in [-0.15, -0.1) is 0 Å². The third-order valence-corrected chi connectivity index (χ3v) is 5.10. The van der Waals surface area contributed by atoms with Crippen molar-refractivity contribution >= 4 is 37.8 Å². The van der Waals surface area contributed by atoms with E-state index < -0.39 is 18.1 Å². The van der Waals surface area contributed by atoms with E-state index in [1.165, 1.54) is 0 Å². The summed E-state index contributed by atoms with van der Waals surface area (Å²) >= 11 is 6.76. The van der Waals surface area contributed by atoms with Crippen LogP contribution in [0.2, 0.25) is 0 Å². The molecule has 3 unspecified atom stereocenters. The zero-order valence-electron chi connectivity index (χ0n) is 7.65. The molecule has 7 heteroatoms. The van der Waals surface area contributed by atoms with E-state index in [1.807, 2.05) is 5.32 Å². The monoisotopic (exact) mass is 351 g/mol. The first kappa shape index (κ1) is 13.3. The number of hydrogen-bond donors (Lipinski definition) is 1. The van der Waals surface area contributed by atoms with Crippen molar-refractivity contribution in [1.82, 2.24) is 5.32 Å². The van der Waals surface area contributed by atoms with Gasteiger partial charge in [-0.3, -0.25) is 4.79 Å². The van der Waals surface area contributed by atoms with Crippen molar-refractivity contribution in [3.8, 4) is 0 Å². The van der Waals surface area contributed by atoms with Crippen LogP contribution in [0.4, 0.5) is 13.2 Å². The fraction of sp³-hybridized carbons (Fsp3) is 0.875. The van der Waals surface area contributed by atoms with Crippen LogP contribution in [-0.2, 0) is 4.79 Å². The zero-order chi connectivity index (χ0) is 11.6. The predicted octanol–water partition coefficient (Wildman–Crippen LogP) is 2.74. The molecule has 0 bridgehead atoms. The lowest BCUT2D eigenvalue weighted by molar-refractivity contribution is -0.174. The molecule has 0 aromatic carbocycles. The Bertz CT molecular complexity index is 247. The molecular weight excluding hydrogens is 343 g/mol. The van der Waals surface area contributed by atoms with Gasteiger partial charge in [-0.05, 0) is 19.3 Å². The number of amides is 1. The van der Waals surface area contributed by atoms with Gasteiger partial charge in [0.2, 0.25) is 0 Å². The molecule has 0 spiro atoms. The van der Waals surface area contributed by atoms with E-state index in [-0.39, 0.29) is 9.65 Å². The second-order valence-corrected chi connectivity index (χ2v) is 5.87. The number of carbonyl (C=O) groups excluding carboxylic acids is 1. The fourth-order valence-electron chi connectivity index (χ4n) is 1.48. The molecular formula is C8H10Br2F3NO. The van der Waals surface area contributed by atoms with Crippen LogP contribution in [0.15, 0.2) is 0 Å². The standard InChI is InChI=1S/C8H10Br2F3NO/c9-5-2-1-4(3-6(5)10)14-7(15)8(11,12)13/h4-6H,1-3H2,(H,14,15). The minimum Gasteiger partial charge on any atom is -0.346 e. The molecule has 15 heavy (non-hydrogen) atoms. The van der Waals surface area contributed by atoms with Crippen molar-refractivity contribution in [2.75, 3.05) is 0 Å². The molecule has 1 N–H and O–H groups in total. The van der Waals surface area contributed by atoms with Gasteiger partial charge in [-0.1, -0.05) is 31.9 Å². The van der Waals surface area contributed by atoms with E-state index in [9.17, 15) is 18.0 Å². The third kappa shape index (κ3) is 3.94. The van der Waals surface area contributed by atoms with E-state index in [4.69, 9.17) is 0 Å². The summed E-state index contributed by atoms with van der Waals surface area (Å²) in [7, 11) is 0. The Labute approximate surface area is 102 Å². The molecule has 0 aromatic rings. The quantitative estimate of drug-likeness (QED) is 0.722. The van der Waals surface area contributed by atoms with E-state index in [0.29, 0.717) is 12.8 Å². The SMILES string of the molecule is O=C(NC1CCC(Br)C(Br)C1)C(F)(F)F. The number of halogens is 5. The Hall–Kier alpha value is 0.220. The minimum atomic E-state index is -4.78. The molecule has 1 rings (SSSR count). The highest BCUT2D eigenvalue weighted by Crippen LogP contribution is 2.30. The van der Waals surface area contributed by atoms with Crippen LogP contribution < -0.4 is 5.32 Å².